The molecule has 2 aliphatic rings. The maximum absolute atomic E-state index is 12.5. The number of piperidine rings is 1. The van der Waals surface area contributed by atoms with Gasteiger partial charge in [-0.1, -0.05) is 17.7 Å². The topological polar surface area (TPSA) is 94.6 Å². The first kappa shape index (κ1) is 18.9. The van der Waals surface area contributed by atoms with Crippen LogP contribution in [-0.4, -0.2) is 49.7 Å². The van der Waals surface area contributed by atoms with Crippen molar-refractivity contribution in [1.29, 1.82) is 0 Å². The highest BCUT2D eigenvalue weighted by Gasteiger charge is 2.28. The lowest BCUT2D eigenvalue weighted by Crippen LogP contribution is -2.43. The van der Waals surface area contributed by atoms with Gasteiger partial charge in [0.25, 0.3) is 5.91 Å². The number of H-pyrrole nitrogens is 1. The summed E-state index contributed by atoms with van der Waals surface area (Å²) in [4.78, 5) is 21.7. The normalized spacial score (nSPS) is 18.1. The summed E-state index contributed by atoms with van der Waals surface area (Å²) in [6.07, 6.45) is 3.86. The maximum Gasteiger partial charge on any atom is 0.253 e. The fourth-order valence-electron chi connectivity index (χ4n) is 3.75. The van der Waals surface area contributed by atoms with Crippen molar-refractivity contribution in [1.82, 2.24) is 14.6 Å². The first-order chi connectivity index (χ1) is 13.4. The largest absolute Gasteiger partial charge is 0.364 e. The van der Waals surface area contributed by atoms with Gasteiger partial charge >= 0.3 is 0 Å². The predicted molar refractivity (Wildman–Crippen MR) is 107 cm³/mol. The number of carbonyl (C=O) groups is 1. The van der Waals surface area contributed by atoms with Gasteiger partial charge in [0, 0.05) is 37.1 Å². The molecule has 0 unspecified atom stereocenters. The van der Waals surface area contributed by atoms with Crippen molar-refractivity contribution >= 4 is 21.8 Å². The van der Waals surface area contributed by atoms with E-state index in [0.717, 1.165) is 48.6 Å². The molecule has 4 rings (SSSR count). The molecule has 1 amide bonds. The summed E-state index contributed by atoms with van der Waals surface area (Å²) in [7, 11) is -3.49. The number of nitrogens with one attached hydrogen (secondary N) is 2. The van der Waals surface area contributed by atoms with Crippen LogP contribution in [-0.2, 0) is 21.2 Å². The minimum absolute atomic E-state index is 0.127. The summed E-state index contributed by atoms with van der Waals surface area (Å²) < 4.78 is 27.7. The molecule has 0 atom stereocenters. The van der Waals surface area contributed by atoms with Crippen molar-refractivity contribution in [2.75, 3.05) is 19.6 Å². The van der Waals surface area contributed by atoms with E-state index in [9.17, 15) is 13.2 Å². The summed E-state index contributed by atoms with van der Waals surface area (Å²) >= 11 is 0. The number of aromatic amines is 1. The lowest BCUT2D eigenvalue weighted by Gasteiger charge is -2.35. The molecular formula is C20H24N4O3S. The summed E-state index contributed by atoms with van der Waals surface area (Å²) in [6.45, 7) is 3.87. The average molecular weight is 401 g/mol. The van der Waals surface area contributed by atoms with Crippen LogP contribution in [0.2, 0.25) is 0 Å². The molecule has 0 spiro atoms. The van der Waals surface area contributed by atoms with E-state index in [1.807, 2.05) is 19.2 Å². The van der Waals surface area contributed by atoms with Crippen molar-refractivity contribution in [3.05, 3.63) is 53.3 Å². The Kier molecular flexibility index (Phi) is 5.07. The Morgan fingerprint density at radius 3 is 2.61 bits per heavy atom. The van der Waals surface area contributed by atoms with Crippen molar-refractivity contribution in [2.24, 2.45) is 10.9 Å². The number of rotatable bonds is 4. The van der Waals surface area contributed by atoms with Gasteiger partial charge in [-0.3, -0.25) is 4.79 Å². The second-order valence-electron chi connectivity index (χ2n) is 7.47. The smallest absolute Gasteiger partial charge is 0.253 e. The molecule has 0 saturated carbocycles. The zero-order valence-electron chi connectivity index (χ0n) is 15.8. The molecule has 2 aliphatic heterocycles. The summed E-state index contributed by atoms with van der Waals surface area (Å²) in [6, 6.07) is 8.82. The highest BCUT2D eigenvalue weighted by Crippen LogP contribution is 2.23. The zero-order valence-corrected chi connectivity index (χ0v) is 16.6. The molecule has 148 valence electrons. The van der Waals surface area contributed by atoms with E-state index < -0.39 is 10.0 Å². The van der Waals surface area contributed by atoms with Crippen LogP contribution in [0.4, 0.5) is 0 Å². The molecule has 1 aromatic heterocycles. The van der Waals surface area contributed by atoms with Crippen LogP contribution in [0.5, 0.6) is 0 Å². The van der Waals surface area contributed by atoms with Gasteiger partial charge in [-0.15, -0.1) is 0 Å². The molecule has 0 aliphatic carbocycles. The Labute approximate surface area is 164 Å². The lowest BCUT2D eigenvalue weighted by atomic mass is 9.96. The van der Waals surface area contributed by atoms with Crippen molar-refractivity contribution in [3.63, 3.8) is 0 Å². The number of carbonyl (C=O) groups excluding carboxylic acids is 1. The van der Waals surface area contributed by atoms with Gasteiger partial charge in [0.15, 0.2) is 0 Å². The number of sulfonamides is 1. The molecule has 2 aromatic rings. The Morgan fingerprint density at radius 1 is 1.18 bits per heavy atom. The summed E-state index contributed by atoms with van der Waals surface area (Å²) in [5, 5.41) is 0. The Balaban J connectivity index is 1.35. The number of amidine groups is 1. The van der Waals surface area contributed by atoms with E-state index in [0.29, 0.717) is 17.9 Å². The number of aliphatic imine (C=N–C) groups is 1. The molecule has 1 saturated heterocycles. The second kappa shape index (κ2) is 7.52. The standard InChI is InChI=1S/C20H24N4O3S/c1-14-2-4-16(5-3-14)28(26,27)22-13-15-7-10-24(11-8-15)20-17-6-9-21-18(17)12-19(25)23-20/h2-6,9,15,21-22H,7-8,10-13H2,1H3. The van der Waals surface area contributed by atoms with Crippen molar-refractivity contribution < 1.29 is 13.2 Å². The molecule has 1 fully saturated rings. The van der Waals surface area contributed by atoms with Gasteiger partial charge in [0.05, 0.1) is 11.3 Å². The van der Waals surface area contributed by atoms with Crippen LogP contribution in [0, 0.1) is 12.8 Å². The zero-order chi connectivity index (χ0) is 19.7. The van der Waals surface area contributed by atoms with Crippen molar-refractivity contribution in [3.8, 4) is 0 Å². The third-order valence-electron chi connectivity index (χ3n) is 5.44. The Bertz CT molecular complexity index is 1000. The van der Waals surface area contributed by atoms with Gasteiger partial charge < -0.3 is 9.88 Å². The molecule has 8 heteroatoms. The number of hydrogen-bond acceptors (Lipinski definition) is 4. The van der Waals surface area contributed by atoms with Gasteiger partial charge in [0.1, 0.15) is 5.84 Å². The molecular weight excluding hydrogens is 376 g/mol. The number of hydrogen-bond donors (Lipinski definition) is 2. The number of nitrogens with zero attached hydrogens (tertiary/aromatic N) is 2. The average Bonchev–Trinajstić information content (AvgIpc) is 3.15. The van der Waals surface area contributed by atoms with Crippen LogP contribution in [0.1, 0.15) is 29.7 Å². The number of aromatic nitrogens is 1. The number of likely N-dealkylation sites (tertiary alicyclic amines) is 1. The van der Waals surface area contributed by atoms with E-state index in [1.165, 1.54) is 0 Å². The molecule has 28 heavy (non-hydrogen) atoms. The van der Waals surface area contributed by atoms with E-state index in [2.05, 4.69) is 19.6 Å². The highest BCUT2D eigenvalue weighted by atomic mass is 32.2. The number of amides is 1. The Morgan fingerprint density at radius 2 is 1.89 bits per heavy atom. The quantitative estimate of drug-likeness (QED) is 0.819. The van der Waals surface area contributed by atoms with Crippen LogP contribution in [0.15, 0.2) is 46.4 Å². The van der Waals surface area contributed by atoms with E-state index in [-0.39, 0.29) is 11.8 Å². The van der Waals surface area contributed by atoms with E-state index >= 15 is 0 Å². The molecule has 0 bridgehead atoms. The molecule has 1 aromatic carbocycles. The SMILES string of the molecule is Cc1ccc(S(=O)(=O)NCC2CCN(C3=NC(=O)Cc4[nH]ccc43)CC2)cc1. The Hall–Kier alpha value is -2.45. The minimum Gasteiger partial charge on any atom is -0.364 e. The maximum atomic E-state index is 12.5. The molecule has 3 heterocycles. The fraction of sp³-hybridized carbons (Fsp3) is 0.400. The summed E-state index contributed by atoms with van der Waals surface area (Å²) in [5.74, 6) is 0.881. The molecule has 0 radical (unpaired) electrons. The molecule has 7 nitrogen and oxygen atoms in total. The predicted octanol–water partition coefficient (Wildman–Crippen LogP) is 1.84. The third-order valence-corrected chi connectivity index (χ3v) is 6.88. The van der Waals surface area contributed by atoms with Gasteiger partial charge in [-0.25, -0.2) is 13.1 Å². The van der Waals surface area contributed by atoms with Crippen molar-refractivity contribution in [2.45, 2.75) is 31.1 Å². The second-order valence-corrected chi connectivity index (χ2v) is 9.24. The first-order valence-electron chi connectivity index (χ1n) is 9.52. The minimum atomic E-state index is -3.49. The van der Waals surface area contributed by atoms with Crippen LogP contribution in [0.25, 0.3) is 0 Å². The van der Waals surface area contributed by atoms with Gasteiger partial charge in [0.2, 0.25) is 10.0 Å². The fourth-order valence-corrected chi connectivity index (χ4v) is 4.86. The third kappa shape index (κ3) is 3.88. The van der Waals surface area contributed by atoms with Crippen LogP contribution < -0.4 is 4.72 Å². The van der Waals surface area contributed by atoms with Crippen LogP contribution >= 0.6 is 0 Å². The number of benzene rings is 1. The van der Waals surface area contributed by atoms with Gasteiger partial charge in [-0.2, -0.15) is 4.99 Å². The van der Waals surface area contributed by atoms with Gasteiger partial charge in [-0.05, 0) is 43.9 Å². The molecule has 2 N–H and O–H groups in total. The van der Waals surface area contributed by atoms with E-state index in [1.54, 1.807) is 24.3 Å². The number of fused-ring (bicyclic) bond motifs is 1. The number of aryl methyl sites for hydroxylation is 1. The lowest BCUT2D eigenvalue weighted by molar-refractivity contribution is -0.117. The summed E-state index contributed by atoms with van der Waals surface area (Å²) in [5.41, 5.74) is 2.95. The van der Waals surface area contributed by atoms with Crippen LogP contribution in [0.3, 0.4) is 0 Å². The highest BCUT2D eigenvalue weighted by molar-refractivity contribution is 7.89. The first-order valence-corrected chi connectivity index (χ1v) is 11.0. The van der Waals surface area contributed by atoms with E-state index in [4.69, 9.17) is 0 Å². The monoisotopic (exact) mass is 400 g/mol.